The zero-order chi connectivity index (χ0) is 23.7. The normalized spacial score (nSPS) is 10.9. The number of benzene rings is 2. The second-order valence-electron chi connectivity index (χ2n) is 7.46. The molecule has 0 spiro atoms. The van der Waals surface area contributed by atoms with E-state index >= 15 is 0 Å². The summed E-state index contributed by atoms with van der Waals surface area (Å²) in [6.07, 6.45) is 4.75. The summed E-state index contributed by atoms with van der Waals surface area (Å²) >= 11 is 12.0. The fourth-order valence-electron chi connectivity index (χ4n) is 3.47. The highest BCUT2D eigenvalue weighted by atomic mass is 35.5. The Labute approximate surface area is 204 Å². The maximum atomic E-state index is 12.7. The number of carbonyl (C=O) groups is 1. The number of anilines is 3. The minimum Gasteiger partial charge on any atom is -0.341 e. The number of aromatic nitrogens is 5. The van der Waals surface area contributed by atoms with Gasteiger partial charge in [0.25, 0.3) is 5.91 Å². The molecular formula is C24H17Cl2N7O. The lowest BCUT2D eigenvalue weighted by Crippen LogP contribution is -2.12. The van der Waals surface area contributed by atoms with E-state index in [9.17, 15) is 4.79 Å². The van der Waals surface area contributed by atoms with E-state index in [2.05, 4.69) is 35.6 Å². The lowest BCUT2D eigenvalue weighted by atomic mass is 10.1. The van der Waals surface area contributed by atoms with E-state index in [-0.39, 0.29) is 5.91 Å². The summed E-state index contributed by atoms with van der Waals surface area (Å²) in [6, 6.07) is 14.1. The first-order valence-corrected chi connectivity index (χ1v) is 11.0. The number of rotatable bonds is 5. The monoisotopic (exact) mass is 489 g/mol. The molecule has 3 N–H and O–H groups in total. The Morgan fingerprint density at radius 3 is 2.71 bits per heavy atom. The van der Waals surface area contributed by atoms with E-state index in [1.165, 1.54) is 12.4 Å². The molecule has 0 saturated carbocycles. The van der Waals surface area contributed by atoms with Gasteiger partial charge in [0.2, 0.25) is 0 Å². The number of halogens is 2. The van der Waals surface area contributed by atoms with Crippen LogP contribution in [0.4, 0.5) is 17.2 Å². The minimum absolute atomic E-state index is 0.297. The first-order chi connectivity index (χ1) is 16.5. The second kappa shape index (κ2) is 9.09. The van der Waals surface area contributed by atoms with Gasteiger partial charge in [0.1, 0.15) is 23.4 Å². The van der Waals surface area contributed by atoms with Crippen molar-refractivity contribution in [3.8, 4) is 11.3 Å². The Morgan fingerprint density at radius 2 is 1.85 bits per heavy atom. The summed E-state index contributed by atoms with van der Waals surface area (Å²) in [5.74, 6) is 0.308. The number of hydrogen-bond acceptors (Lipinski definition) is 6. The number of H-pyrrole nitrogens is 1. The predicted octanol–water partition coefficient (Wildman–Crippen LogP) is 6.03. The van der Waals surface area contributed by atoms with Crippen molar-refractivity contribution >= 4 is 57.5 Å². The van der Waals surface area contributed by atoms with Crippen LogP contribution in [0.5, 0.6) is 0 Å². The van der Waals surface area contributed by atoms with Crippen molar-refractivity contribution in [2.24, 2.45) is 0 Å². The van der Waals surface area contributed by atoms with Crippen molar-refractivity contribution in [1.29, 1.82) is 0 Å². The summed E-state index contributed by atoms with van der Waals surface area (Å²) < 4.78 is 0. The smallest absolute Gasteiger partial charge is 0.255 e. The molecule has 0 bridgehead atoms. The molecule has 10 heteroatoms. The molecule has 34 heavy (non-hydrogen) atoms. The number of fused-ring (bicyclic) bond motifs is 1. The number of aryl methyl sites for hydroxylation is 1. The van der Waals surface area contributed by atoms with Gasteiger partial charge in [-0.15, -0.1) is 0 Å². The fourth-order valence-corrected chi connectivity index (χ4v) is 3.77. The number of aromatic amines is 1. The SMILES string of the molecule is Cc1ccc(NC(=O)c2ccc(Cl)c(Cl)c2)cc1Nc1ncccc1-c1ncnc2nc[nH]c12. The van der Waals surface area contributed by atoms with Crippen LogP contribution in [0.3, 0.4) is 0 Å². The first kappa shape index (κ1) is 21.8. The Kier molecular flexibility index (Phi) is 5.83. The van der Waals surface area contributed by atoms with Gasteiger partial charge in [-0.25, -0.2) is 19.9 Å². The number of hydrogen-bond donors (Lipinski definition) is 3. The van der Waals surface area contributed by atoms with Crippen molar-refractivity contribution in [2.45, 2.75) is 6.92 Å². The van der Waals surface area contributed by atoms with Crippen LogP contribution in [0.25, 0.3) is 22.4 Å². The summed E-state index contributed by atoms with van der Waals surface area (Å²) in [5, 5.41) is 6.97. The highest BCUT2D eigenvalue weighted by Crippen LogP contribution is 2.32. The van der Waals surface area contributed by atoms with E-state index in [0.29, 0.717) is 38.5 Å². The molecule has 3 aromatic heterocycles. The third kappa shape index (κ3) is 4.28. The van der Waals surface area contributed by atoms with Gasteiger partial charge in [-0.2, -0.15) is 0 Å². The van der Waals surface area contributed by atoms with Crippen LogP contribution in [0.1, 0.15) is 15.9 Å². The zero-order valence-corrected chi connectivity index (χ0v) is 19.3. The van der Waals surface area contributed by atoms with Crippen LogP contribution in [-0.4, -0.2) is 30.8 Å². The molecule has 0 radical (unpaired) electrons. The molecule has 0 unspecified atom stereocenters. The van der Waals surface area contributed by atoms with Crippen molar-refractivity contribution in [1.82, 2.24) is 24.9 Å². The maximum Gasteiger partial charge on any atom is 0.255 e. The third-order valence-electron chi connectivity index (χ3n) is 5.22. The number of nitrogens with one attached hydrogen (secondary N) is 3. The molecule has 5 rings (SSSR count). The van der Waals surface area contributed by atoms with Crippen LogP contribution in [0.2, 0.25) is 10.0 Å². The Balaban J connectivity index is 1.45. The molecule has 0 aliphatic carbocycles. The van der Waals surface area contributed by atoms with Crippen LogP contribution >= 0.6 is 23.2 Å². The molecular weight excluding hydrogens is 473 g/mol. The summed E-state index contributed by atoms with van der Waals surface area (Å²) in [7, 11) is 0. The van der Waals surface area contributed by atoms with E-state index in [4.69, 9.17) is 23.2 Å². The van der Waals surface area contributed by atoms with Gasteiger partial charge in [-0.1, -0.05) is 29.3 Å². The molecule has 1 amide bonds. The van der Waals surface area contributed by atoms with Crippen LogP contribution < -0.4 is 10.6 Å². The van der Waals surface area contributed by atoms with Crippen LogP contribution in [0.15, 0.2) is 67.4 Å². The van der Waals surface area contributed by atoms with E-state index < -0.39 is 0 Å². The summed E-state index contributed by atoms with van der Waals surface area (Å²) in [6.45, 7) is 1.97. The Bertz CT molecular complexity index is 1530. The largest absolute Gasteiger partial charge is 0.341 e. The number of amides is 1. The number of imidazole rings is 1. The highest BCUT2D eigenvalue weighted by Gasteiger charge is 2.15. The Hall–Kier alpha value is -4.01. The topological polar surface area (TPSA) is 108 Å². The molecule has 8 nitrogen and oxygen atoms in total. The number of pyridine rings is 1. The minimum atomic E-state index is -0.297. The molecule has 0 atom stereocenters. The van der Waals surface area contributed by atoms with Gasteiger partial charge >= 0.3 is 0 Å². The van der Waals surface area contributed by atoms with E-state index in [0.717, 1.165) is 22.3 Å². The lowest BCUT2D eigenvalue weighted by molar-refractivity contribution is 0.102. The van der Waals surface area contributed by atoms with Crippen molar-refractivity contribution < 1.29 is 4.79 Å². The average molecular weight is 490 g/mol. The van der Waals surface area contributed by atoms with Gasteiger partial charge in [0.15, 0.2) is 5.65 Å². The van der Waals surface area contributed by atoms with Crippen molar-refractivity contribution in [3.05, 3.63) is 88.6 Å². The lowest BCUT2D eigenvalue weighted by Gasteiger charge is -2.14. The van der Waals surface area contributed by atoms with Crippen LogP contribution in [-0.2, 0) is 0 Å². The molecule has 0 saturated heterocycles. The zero-order valence-electron chi connectivity index (χ0n) is 17.8. The number of nitrogens with zero attached hydrogens (tertiary/aromatic N) is 4. The summed E-state index contributed by atoms with van der Waals surface area (Å²) in [4.78, 5) is 33.1. The molecule has 5 aromatic rings. The van der Waals surface area contributed by atoms with Gasteiger partial charge in [-0.3, -0.25) is 4.79 Å². The van der Waals surface area contributed by atoms with Gasteiger partial charge in [0, 0.05) is 28.7 Å². The van der Waals surface area contributed by atoms with Gasteiger partial charge in [0.05, 0.1) is 16.4 Å². The fraction of sp³-hybridized carbons (Fsp3) is 0.0417. The van der Waals surface area contributed by atoms with E-state index in [1.54, 1.807) is 24.7 Å². The number of carbonyl (C=O) groups excluding carboxylic acids is 1. The standard InChI is InChI=1S/C24H17Cl2N7O/c1-13-4-6-15(32-24(34)14-5-7-17(25)18(26)9-14)10-19(13)33-22-16(3-2-8-27-22)20-21-23(30-11-28-20)31-12-29-21/h2-12H,1H3,(H,27,33)(H,32,34)(H,28,29,30,31). The van der Waals surface area contributed by atoms with Gasteiger partial charge < -0.3 is 15.6 Å². The molecule has 0 aliphatic rings. The summed E-state index contributed by atoms with van der Waals surface area (Å²) in [5.41, 5.74) is 5.52. The molecule has 0 fully saturated rings. The first-order valence-electron chi connectivity index (χ1n) is 10.2. The second-order valence-corrected chi connectivity index (χ2v) is 8.28. The van der Waals surface area contributed by atoms with Gasteiger partial charge in [-0.05, 0) is 55.0 Å². The Morgan fingerprint density at radius 1 is 0.971 bits per heavy atom. The molecule has 2 aromatic carbocycles. The average Bonchev–Trinajstić information content (AvgIpc) is 3.32. The predicted molar refractivity (Wildman–Crippen MR) is 134 cm³/mol. The van der Waals surface area contributed by atoms with E-state index in [1.807, 2.05) is 37.3 Å². The van der Waals surface area contributed by atoms with Crippen LogP contribution in [0, 0.1) is 6.92 Å². The highest BCUT2D eigenvalue weighted by molar-refractivity contribution is 6.42. The molecule has 3 heterocycles. The molecule has 0 aliphatic heterocycles. The molecule has 168 valence electrons. The quantitative estimate of drug-likeness (QED) is 0.278. The third-order valence-corrected chi connectivity index (χ3v) is 5.96. The van der Waals surface area contributed by atoms with Crippen molar-refractivity contribution in [3.63, 3.8) is 0 Å². The van der Waals surface area contributed by atoms with Crippen molar-refractivity contribution in [2.75, 3.05) is 10.6 Å². The maximum absolute atomic E-state index is 12.7.